The fourth-order valence-corrected chi connectivity index (χ4v) is 1.46. The second-order valence-electron chi connectivity index (χ2n) is 5.63. The molecule has 1 rings (SSSR count). The monoisotopic (exact) mass is 221 g/mol. The SMILES string of the molecule is CC(CCC(C)(C)C)NCc1cncnc1. The van der Waals surface area contributed by atoms with E-state index in [2.05, 4.69) is 43.0 Å². The van der Waals surface area contributed by atoms with Crippen LogP contribution in [0.25, 0.3) is 0 Å². The Kier molecular flexibility index (Phi) is 4.87. The van der Waals surface area contributed by atoms with Gasteiger partial charge in [0.1, 0.15) is 6.33 Å². The minimum atomic E-state index is 0.422. The molecule has 0 fully saturated rings. The molecule has 1 unspecified atom stereocenters. The zero-order chi connectivity index (χ0) is 12.0. The zero-order valence-electron chi connectivity index (χ0n) is 10.8. The van der Waals surface area contributed by atoms with E-state index in [0.29, 0.717) is 11.5 Å². The molecule has 0 radical (unpaired) electrons. The predicted octanol–water partition coefficient (Wildman–Crippen LogP) is 2.78. The molecule has 0 aliphatic heterocycles. The summed E-state index contributed by atoms with van der Waals surface area (Å²) in [6.45, 7) is 9.93. The van der Waals surface area contributed by atoms with Crippen molar-refractivity contribution in [3.63, 3.8) is 0 Å². The Morgan fingerprint density at radius 1 is 1.25 bits per heavy atom. The quantitative estimate of drug-likeness (QED) is 0.830. The summed E-state index contributed by atoms with van der Waals surface area (Å²) in [6, 6.07) is 0.541. The van der Waals surface area contributed by atoms with Gasteiger partial charge in [0.05, 0.1) is 0 Å². The Balaban J connectivity index is 2.23. The first-order chi connectivity index (χ1) is 7.47. The van der Waals surface area contributed by atoms with Crippen molar-refractivity contribution in [1.29, 1.82) is 0 Å². The predicted molar refractivity (Wildman–Crippen MR) is 67.0 cm³/mol. The Morgan fingerprint density at radius 3 is 2.44 bits per heavy atom. The number of nitrogens with zero attached hydrogens (tertiary/aromatic N) is 2. The normalized spacial score (nSPS) is 13.8. The molecule has 0 aliphatic carbocycles. The van der Waals surface area contributed by atoms with E-state index in [-0.39, 0.29) is 0 Å². The van der Waals surface area contributed by atoms with E-state index in [9.17, 15) is 0 Å². The van der Waals surface area contributed by atoms with Gasteiger partial charge in [-0.1, -0.05) is 20.8 Å². The highest BCUT2D eigenvalue weighted by Gasteiger charge is 2.12. The summed E-state index contributed by atoms with van der Waals surface area (Å²) in [5.74, 6) is 0. The van der Waals surface area contributed by atoms with Gasteiger partial charge in [-0.3, -0.25) is 0 Å². The summed E-state index contributed by atoms with van der Waals surface area (Å²) in [6.07, 6.45) is 7.73. The molecule has 0 aromatic carbocycles. The minimum absolute atomic E-state index is 0.422. The lowest BCUT2D eigenvalue weighted by Crippen LogP contribution is -2.26. The first-order valence-corrected chi connectivity index (χ1v) is 5.95. The van der Waals surface area contributed by atoms with Gasteiger partial charge in [-0.05, 0) is 25.2 Å². The van der Waals surface area contributed by atoms with Gasteiger partial charge >= 0.3 is 0 Å². The van der Waals surface area contributed by atoms with Gasteiger partial charge in [-0.2, -0.15) is 0 Å². The van der Waals surface area contributed by atoms with Gasteiger partial charge in [-0.25, -0.2) is 9.97 Å². The third-order valence-corrected chi connectivity index (χ3v) is 2.60. The lowest BCUT2D eigenvalue weighted by molar-refractivity contribution is 0.336. The van der Waals surface area contributed by atoms with Gasteiger partial charge in [0.25, 0.3) is 0 Å². The molecule has 0 saturated carbocycles. The molecule has 90 valence electrons. The van der Waals surface area contributed by atoms with Gasteiger partial charge in [0.15, 0.2) is 0 Å². The van der Waals surface area contributed by atoms with Crippen molar-refractivity contribution in [2.45, 2.75) is 53.1 Å². The second kappa shape index (κ2) is 5.94. The van der Waals surface area contributed by atoms with Gasteiger partial charge in [0, 0.05) is 30.5 Å². The van der Waals surface area contributed by atoms with Crippen LogP contribution in [0.4, 0.5) is 0 Å². The van der Waals surface area contributed by atoms with E-state index in [1.807, 2.05) is 12.4 Å². The molecule has 1 aromatic rings. The Bertz CT molecular complexity index is 290. The van der Waals surface area contributed by atoms with Crippen LogP contribution in [-0.2, 0) is 6.54 Å². The zero-order valence-corrected chi connectivity index (χ0v) is 10.8. The number of hydrogen-bond acceptors (Lipinski definition) is 3. The largest absolute Gasteiger partial charge is 0.310 e. The van der Waals surface area contributed by atoms with Gasteiger partial charge < -0.3 is 5.32 Å². The first kappa shape index (κ1) is 13.1. The van der Waals surface area contributed by atoms with Crippen LogP contribution in [0.3, 0.4) is 0 Å². The summed E-state index contributed by atoms with van der Waals surface area (Å²) in [5, 5.41) is 3.49. The van der Waals surface area contributed by atoms with E-state index in [4.69, 9.17) is 0 Å². The van der Waals surface area contributed by atoms with Crippen LogP contribution in [0.2, 0.25) is 0 Å². The lowest BCUT2D eigenvalue weighted by Gasteiger charge is -2.21. The second-order valence-corrected chi connectivity index (χ2v) is 5.63. The van der Waals surface area contributed by atoms with Crippen molar-refractivity contribution >= 4 is 0 Å². The average Bonchev–Trinajstić information content (AvgIpc) is 2.24. The smallest absolute Gasteiger partial charge is 0.115 e. The van der Waals surface area contributed by atoms with Crippen molar-refractivity contribution in [3.05, 3.63) is 24.3 Å². The third kappa shape index (κ3) is 5.81. The molecule has 0 aliphatic rings. The topological polar surface area (TPSA) is 37.8 Å². The van der Waals surface area contributed by atoms with Crippen LogP contribution in [0, 0.1) is 5.41 Å². The van der Waals surface area contributed by atoms with E-state index >= 15 is 0 Å². The van der Waals surface area contributed by atoms with Crippen molar-refractivity contribution in [2.75, 3.05) is 0 Å². The molecule has 0 spiro atoms. The molecule has 3 nitrogen and oxygen atoms in total. The molecule has 3 heteroatoms. The maximum atomic E-state index is 4.00. The van der Waals surface area contributed by atoms with Gasteiger partial charge in [-0.15, -0.1) is 0 Å². The van der Waals surface area contributed by atoms with Crippen LogP contribution >= 0.6 is 0 Å². The van der Waals surface area contributed by atoms with Crippen molar-refractivity contribution in [2.24, 2.45) is 5.41 Å². The van der Waals surface area contributed by atoms with Crippen LogP contribution in [0.1, 0.15) is 46.1 Å². The van der Waals surface area contributed by atoms with E-state index in [0.717, 1.165) is 12.1 Å². The molecule has 16 heavy (non-hydrogen) atoms. The number of hydrogen-bond donors (Lipinski definition) is 1. The highest BCUT2D eigenvalue weighted by molar-refractivity contribution is 5.01. The van der Waals surface area contributed by atoms with Crippen molar-refractivity contribution in [1.82, 2.24) is 15.3 Å². The molecule has 1 atom stereocenters. The average molecular weight is 221 g/mol. The van der Waals surface area contributed by atoms with Crippen molar-refractivity contribution in [3.8, 4) is 0 Å². The number of aromatic nitrogens is 2. The highest BCUT2D eigenvalue weighted by atomic mass is 14.9. The van der Waals surface area contributed by atoms with E-state index in [1.54, 1.807) is 6.33 Å². The van der Waals surface area contributed by atoms with E-state index < -0.39 is 0 Å². The molecular weight excluding hydrogens is 198 g/mol. The van der Waals surface area contributed by atoms with Crippen LogP contribution in [0.15, 0.2) is 18.7 Å². The summed E-state index contributed by atoms with van der Waals surface area (Å²) in [5.41, 5.74) is 1.57. The fraction of sp³-hybridized carbons (Fsp3) is 0.692. The molecule has 0 amide bonds. The van der Waals surface area contributed by atoms with Gasteiger partial charge in [0.2, 0.25) is 0 Å². The number of nitrogens with one attached hydrogen (secondary N) is 1. The standard InChI is InChI=1S/C13H23N3/c1-11(5-6-13(2,3)4)16-9-12-7-14-10-15-8-12/h7-8,10-11,16H,5-6,9H2,1-4H3. The fourth-order valence-electron chi connectivity index (χ4n) is 1.46. The summed E-state index contributed by atoms with van der Waals surface area (Å²) < 4.78 is 0. The van der Waals surface area contributed by atoms with Crippen LogP contribution < -0.4 is 5.32 Å². The molecular formula is C13H23N3. The highest BCUT2D eigenvalue weighted by Crippen LogP contribution is 2.21. The Labute approximate surface area is 98.7 Å². The lowest BCUT2D eigenvalue weighted by atomic mass is 9.89. The summed E-state index contributed by atoms with van der Waals surface area (Å²) in [7, 11) is 0. The molecule has 0 saturated heterocycles. The minimum Gasteiger partial charge on any atom is -0.310 e. The summed E-state index contributed by atoms with van der Waals surface area (Å²) in [4.78, 5) is 7.99. The van der Waals surface area contributed by atoms with E-state index in [1.165, 1.54) is 12.8 Å². The molecule has 1 aromatic heterocycles. The Hall–Kier alpha value is -0.960. The molecule has 0 bridgehead atoms. The van der Waals surface area contributed by atoms with Crippen molar-refractivity contribution < 1.29 is 0 Å². The number of rotatable bonds is 5. The first-order valence-electron chi connectivity index (χ1n) is 5.95. The Morgan fingerprint density at radius 2 is 1.88 bits per heavy atom. The van der Waals surface area contributed by atoms with Crippen LogP contribution in [0.5, 0.6) is 0 Å². The third-order valence-electron chi connectivity index (χ3n) is 2.60. The maximum absolute atomic E-state index is 4.00. The summed E-state index contributed by atoms with van der Waals surface area (Å²) >= 11 is 0. The molecule has 1 heterocycles. The molecule has 1 N–H and O–H groups in total. The maximum Gasteiger partial charge on any atom is 0.115 e. The van der Waals surface area contributed by atoms with Crippen LogP contribution in [-0.4, -0.2) is 16.0 Å².